The molecule has 0 heterocycles. The van der Waals surface area contributed by atoms with Crippen molar-refractivity contribution in [3.8, 4) is 0 Å². The topological polar surface area (TPSA) is 73.4 Å². The molecule has 2 amide bonds. The molecule has 0 bridgehead atoms. The Morgan fingerprint density at radius 1 is 1.16 bits per heavy atom. The van der Waals surface area contributed by atoms with Gasteiger partial charge in [0, 0.05) is 22.3 Å². The Labute approximate surface area is 187 Å². The van der Waals surface area contributed by atoms with Gasteiger partial charge in [0.05, 0.1) is 12.6 Å². The SMILES string of the molecule is CCNC(=O)N[C@@H]1CCc2cc(NC[C@@](O)(c3cc(Cl)cc(Cl)c3)C(F)(F)F)ccc21. The first kappa shape index (κ1) is 23.5. The molecule has 3 rings (SSSR count). The molecular weight excluding hydrogens is 454 g/mol. The van der Waals surface area contributed by atoms with Crippen molar-refractivity contribution in [1.29, 1.82) is 0 Å². The number of benzene rings is 2. The summed E-state index contributed by atoms with van der Waals surface area (Å²) in [5.74, 6) is 0. The van der Waals surface area contributed by atoms with Gasteiger partial charge in [-0.15, -0.1) is 0 Å². The second-order valence-corrected chi connectivity index (χ2v) is 8.25. The van der Waals surface area contributed by atoms with Crippen LogP contribution < -0.4 is 16.0 Å². The summed E-state index contributed by atoms with van der Waals surface area (Å²) in [7, 11) is 0. The van der Waals surface area contributed by atoms with E-state index in [1.807, 2.05) is 6.92 Å². The van der Waals surface area contributed by atoms with E-state index in [0.717, 1.165) is 23.3 Å². The molecule has 5 nitrogen and oxygen atoms in total. The van der Waals surface area contributed by atoms with Crippen LogP contribution in [0.2, 0.25) is 10.0 Å². The Morgan fingerprint density at radius 2 is 1.84 bits per heavy atom. The highest BCUT2D eigenvalue weighted by Gasteiger charge is 2.55. The molecule has 0 fully saturated rings. The molecule has 4 N–H and O–H groups in total. The maximum Gasteiger partial charge on any atom is 0.423 e. The zero-order valence-corrected chi connectivity index (χ0v) is 18.1. The third-order valence-electron chi connectivity index (χ3n) is 5.22. The lowest BCUT2D eigenvalue weighted by molar-refractivity contribution is -0.260. The average Bonchev–Trinajstić information content (AvgIpc) is 3.06. The summed E-state index contributed by atoms with van der Waals surface area (Å²) in [6, 6.07) is 8.09. The fourth-order valence-electron chi connectivity index (χ4n) is 3.64. The van der Waals surface area contributed by atoms with Gasteiger partial charge in [0.1, 0.15) is 0 Å². The summed E-state index contributed by atoms with van der Waals surface area (Å²) in [5.41, 5.74) is -1.37. The van der Waals surface area contributed by atoms with Crippen LogP contribution in [0, 0.1) is 0 Å². The summed E-state index contributed by atoms with van der Waals surface area (Å²) in [4.78, 5) is 11.8. The Kier molecular flexibility index (Phi) is 6.93. The van der Waals surface area contributed by atoms with E-state index in [9.17, 15) is 23.1 Å². The number of amides is 2. The van der Waals surface area contributed by atoms with Gasteiger partial charge < -0.3 is 21.1 Å². The molecule has 2 aromatic carbocycles. The molecule has 0 radical (unpaired) electrons. The molecule has 168 valence electrons. The number of anilines is 1. The fraction of sp³-hybridized carbons (Fsp3) is 0.381. The maximum absolute atomic E-state index is 13.8. The lowest BCUT2D eigenvalue weighted by atomic mass is 9.92. The number of nitrogens with one attached hydrogen (secondary N) is 3. The average molecular weight is 476 g/mol. The van der Waals surface area contributed by atoms with Crippen molar-refractivity contribution in [2.24, 2.45) is 0 Å². The van der Waals surface area contributed by atoms with Crippen LogP contribution in [0.4, 0.5) is 23.7 Å². The van der Waals surface area contributed by atoms with E-state index in [1.165, 1.54) is 6.07 Å². The number of hydrogen-bond acceptors (Lipinski definition) is 3. The zero-order valence-electron chi connectivity index (χ0n) is 16.6. The number of halogens is 5. The van der Waals surface area contributed by atoms with Crippen LogP contribution in [0.25, 0.3) is 0 Å². The van der Waals surface area contributed by atoms with Gasteiger partial charge in [-0.05, 0) is 66.8 Å². The van der Waals surface area contributed by atoms with Gasteiger partial charge in [0.2, 0.25) is 5.60 Å². The Balaban J connectivity index is 1.78. The molecule has 2 atom stereocenters. The number of carbonyl (C=O) groups is 1. The van der Waals surface area contributed by atoms with E-state index in [2.05, 4.69) is 16.0 Å². The third kappa shape index (κ3) is 5.19. The molecule has 0 unspecified atom stereocenters. The van der Waals surface area contributed by atoms with Crippen molar-refractivity contribution in [2.45, 2.75) is 37.6 Å². The minimum atomic E-state index is -4.97. The first-order valence-corrected chi connectivity index (χ1v) is 10.5. The van der Waals surface area contributed by atoms with Crippen LogP contribution in [0.5, 0.6) is 0 Å². The van der Waals surface area contributed by atoms with Crippen LogP contribution in [0.3, 0.4) is 0 Å². The summed E-state index contributed by atoms with van der Waals surface area (Å²) < 4.78 is 41.4. The molecule has 0 saturated carbocycles. The van der Waals surface area contributed by atoms with Crippen molar-refractivity contribution in [3.63, 3.8) is 0 Å². The number of aliphatic hydroxyl groups is 1. The molecule has 1 aliphatic carbocycles. The Bertz CT molecular complexity index is 951. The first-order chi connectivity index (χ1) is 14.5. The van der Waals surface area contributed by atoms with Gasteiger partial charge in [0.25, 0.3) is 0 Å². The quantitative estimate of drug-likeness (QED) is 0.466. The van der Waals surface area contributed by atoms with Crippen LogP contribution in [0.15, 0.2) is 36.4 Å². The maximum atomic E-state index is 13.8. The molecule has 10 heteroatoms. The lowest BCUT2D eigenvalue weighted by Crippen LogP contribution is -2.47. The highest BCUT2D eigenvalue weighted by Crippen LogP contribution is 2.41. The Hall–Kier alpha value is -2.16. The third-order valence-corrected chi connectivity index (χ3v) is 5.66. The fourth-order valence-corrected chi connectivity index (χ4v) is 4.16. The van der Waals surface area contributed by atoms with E-state index in [1.54, 1.807) is 18.2 Å². The number of fused-ring (bicyclic) bond motifs is 1. The van der Waals surface area contributed by atoms with E-state index in [0.29, 0.717) is 25.1 Å². The number of rotatable bonds is 6. The largest absolute Gasteiger partial charge is 0.423 e. The van der Waals surface area contributed by atoms with Gasteiger partial charge in [-0.25, -0.2) is 4.79 Å². The molecular formula is C21H22Cl2F3N3O2. The molecule has 0 saturated heterocycles. The minimum absolute atomic E-state index is 0.00615. The van der Waals surface area contributed by atoms with Gasteiger partial charge >= 0.3 is 12.2 Å². The van der Waals surface area contributed by atoms with E-state index < -0.39 is 23.9 Å². The van der Waals surface area contributed by atoms with Gasteiger partial charge in [-0.3, -0.25) is 0 Å². The first-order valence-electron chi connectivity index (χ1n) is 9.70. The minimum Gasteiger partial charge on any atom is -0.381 e. The van der Waals surface area contributed by atoms with Gasteiger partial charge in [0.15, 0.2) is 0 Å². The van der Waals surface area contributed by atoms with Crippen molar-refractivity contribution in [1.82, 2.24) is 10.6 Å². The number of alkyl halides is 3. The predicted octanol–water partition coefficient (Wildman–Crippen LogP) is 5.16. The number of aryl methyl sites for hydroxylation is 1. The van der Waals surface area contributed by atoms with Crippen molar-refractivity contribution < 1.29 is 23.1 Å². The van der Waals surface area contributed by atoms with Gasteiger partial charge in [-0.2, -0.15) is 13.2 Å². The normalized spacial score (nSPS) is 17.6. The number of hydrogen-bond donors (Lipinski definition) is 4. The Morgan fingerprint density at radius 3 is 2.45 bits per heavy atom. The highest BCUT2D eigenvalue weighted by molar-refractivity contribution is 6.34. The predicted molar refractivity (Wildman–Crippen MR) is 115 cm³/mol. The van der Waals surface area contributed by atoms with E-state index in [4.69, 9.17) is 23.2 Å². The second kappa shape index (κ2) is 9.14. The zero-order chi connectivity index (χ0) is 22.8. The van der Waals surface area contributed by atoms with Crippen LogP contribution >= 0.6 is 23.2 Å². The molecule has 1 aliphatic rings. The molecule has 2 aromatic rings. The van der Waals surface area contributed by atoms with Crippen LogP contribution in [-0.2, 0) is 12.0 Å². The standard InChI is InChI=1S/C21H22Cl2F3N3O2/c1-2-27-19(30)29-18-6-3-12-7-16(4-5-17(12)18)28-11-20(31,21(24,25)26)13-8-14(22)10-15(23)9-13/h4-5,7-10,18,28,31H,2-3,6,11H2,1H3,(H2,27,29,30)/t18-,20-/m1/s1. The smallest absolute Gasteiger partial charge is 0.381 e. The summed E-state index contributed by atoms with van der Waals surface area (Å²) >= 11 is 11.7. The molecule has 0 spiro atoms. The summed E-state index contributed by atoms with van der Waals surface area (Å²) in [6.45, 7) is 1.50. The second-order valence-electron chi connectivity index (χ2n) is 7.38. The molecule has 0 aliphatic heterocycles. The van der Waals surface area contributed by atoms with E-state index >= 15 is 0 Å². The van der Waals surface area contributed by atoms with E-state index in [-0.39, 0.29) is 22.1 Å². The van der Waals surface area contributed by atoms with Gasteiger partial charge in [-0.1, -0.05) is 29.3 Å². The van der Waals surface area contributed by atoms with Crippen molar-refractivity contribution in [3.05, 3.63) is 63.1 Å². The highest BCUT2D eigenvalue weighted by atomic mass is 35.5. The van der Waals surface area contributed by atoms with Crippen LogP contribution in [0.1, 0.15) is 36.1 Å². The monoisotopic (exact) mass is 475 g/mol. The molecule has 31 heavy (non-hydrogen) atoms. The molecule has 0 aromatic heterocycles. The van der Waals surface area contributed by atoms with Crippen molar-refractivity contribution in [2.75, 3.05) is 18.4 Å². The van der Waals surface area contributed by atoms with Crippen molar-refractivity contribution >= 4 is 34.9 Å². The summed E-state index contributed by atoms with van der Waals surface area (Å²) in [5, 5.41) is 18.8. The van der Waals surface area contributed by atoms with Crippen LogP contribution in [-0.4, -0.2) is 30.4 Å². The lowest BCUT2D eigenvalue weighted by Gasteiger charge is -2.32. The summed E-state index contributed by atoms with van der Waals surface area (Å²) in [6.07, 6.45) is -3.59. The number of carbonyl (C=O) groups excluding carboxylic acids is 1. The number of urea groups is 1.